The molecule has 0 aliphatic heterocycles. The zero-order chi connectivity index (χ0) is 14.5. The number of anilines is 1. The highest BCUT2D eigenvalue weighted by molar-refractivity contribution is 7.10. The molecule has 2 rings (SSSR count). The maximum absolute atomic E-state index is 14.0. The average molecular weight is 293 g/mol. The van der Waals surface area contributed by atoms with E-state index in [1.165, 1.54) is 17.8 Å². The van der Waals surface area contributed by atoms with Gasteiger partial charge in [-0.05, 0) is 29.5 Å². The number of amides is 1. The molecule has 0 unspecified atom stereocenters. The monoisotopic (exact) mass is 293 g/mol. The molecule has 2 aromatic rings. The van der Waals surface area contributed by atoms with Crippen LogP contribution >= 0.6 is 11.3 Å². The van der Waals surface area contributed by atoms with Crippen LogP contribution in [0.2, 0.25) is 0 Å². The quantitative estimate of drug-likeness (QED) is 0.891. The summed E-state index contributed by atoms with van der Waals surface area (Å²) in [4.78, 5) is 16.9. The molecule has 0 saturated carbocycles. The van der Waals surface area contributed by atoms with Crippen molar-refractivity contribution >= 4 is 23.1 Å². The number of carbonyl (C=O) groups excluding carboxylic acids is 1. The van der Waals surface area contributed by atoms with Gasteiger partial charge in [-0.15, -0.1) is 11.3 Å². The van der Waals surface area contributed by atoms with Gasteiger partial charge in [0.2, 0.25) is 0 Å². The fourth-order valence-electron chi connectivity index (χ4n) is 1.89. The summed E-state index contributed by atoms with van der Waals surface area (Å²) in [5, 5.41) is 7.35. The minimum Gasteiger partial charge on any atom is -0.371 e. The summed E-state index contributed by atoms with van der Waals surface area (Å²) in [5.74, 6) is -0.991. The van der Waals surface area contributed by atoms with Gasteiger partial charge in [0.25, 0.3) is 5.91 Å². The second kappa shape index (κ2) is 6.47. The minimum atomic E-state index is -0.630. The third-order valence-electron chi connectivity index (χ3n) is 3.00. The molecule has 0 saturated heterocycles. The van der Waals surface area contributed by atoms with Crippen molar-refractivity contribution in [2.24, 2.45) is 0 Å². The van der Waals surface area contributed by atoms with Crippen molar-refractivity contribution in [3.8, 4) is 0 Å². The molecule has 0 aliphatic carbocycles. The first-order chi connectivity index (χ1) is 9.67. The second-order valence-corrected chi connectivity index (χ2v) is 5.18. The van der Waals surface area contributed by atoms with Gasteiger partial charge in [-0.2, -0.15) is 0 Å². The summed E-state index contributed by atoms with van der Waals surface area (Å²) < 4.78 is 14.0. The first kappa shape index (κ1) is 14.5. The van der Waals surface area contributed by atoms with Gasteiger partial charge in [0.1, 0.15) is 0 Å². The van der Waals surface area contributed by atoms with Crippen molar-refractivity contribution < 1.29 is 9.18 Å². The van der Waals surface area contributed by atoms with Crippen molar-refractivity contribution in [3.63, 3.8) is 0 Å². The van der Waals surface area contributed by atoms with Gasteiger partial charge in [0, 0.05) is 18.1 Å². The van der Waals surface area contributed by atoms with E-state index in [2.05, 4.69) is 22.5 Å². The van der Waals surface area contributed by atoms with Crippen LogP contribution in [0.1, 0.15) is 27.7 Å². The molecule has 0 fully saturated rings. The van der Waals surface area contributed by atoms with Gasteiger partial charge in [0.05, 0.1) is 12.1 Å². The zero-order valence-corrected chi connectivity index (χ0v) is 12.2. The molecule has 0 bridgehead atoms. The Hall–Kier alpha value is -1.95. The minimum absolute atomic E-state index is 0.000968. The number of carbonyl (C=O) groups is 1. The fraction of sp³-hybridized carbons (Fsp3) is 0.286. The molecule has 4 nitrogen and oxygen atoms in total. The molecule has 6 heteroatoms. The Kier molecular flexibility index (Phi) is 4.68. The molecule has 2 heterocycles. The number of halogens is 1. The van der Waals surface area contributed by atoms with Crippen molar-refractivity contribution in [1.29, 1.82) is 0 Å². The van der Waals surface area contributed by atoms with E-state index in [4.69, 9.17) is 0 Å². The van der Waals surface area contributed by atoms with Crippen LogP contribution < -0.4 is 10.6 Å². The number of hydrogen-bond acceptors (Lipinski definition) is 4. The van der Waals surface area contributed by atoms with Crippen molar-refractivity contribution in [3.05, 3.63) is 45.5 Å². The Morgan fingerprint density at radius 2 is 2.25 bits per heavy atom. The highest BCUT2D eigenvalue weighted by Gasteiger charge is 2.15. The van der Waals surface area contributed by atoms with Crippen LogP contribution in [0.25, 0.3) is 0 Å². The van der Waals surface area contributed by atoms with Crippen LogP contribution in [-0.4, -0.2) is 17.9 Å². The van der Waals surface area contributed by atoms with E-state index in [0.29, 0.717) is 6.54 Å². The lowest BCUT2D eigenvalue weighted by Crippen LogP contribution is -2.24. The van der Waals surface area contributed by atoms with Crippen LogP contribution in [0, 0.1) is 5.82 Å². The number of nitrogens with zero attached hydrogens (tertiary/aromatic N) is 1. The number of nitrogens with one attached hydrogen (secondary N) is 2. The summed E-state index contributed by atoms with van der Waals surface area (Å²) in [6.07, 6.45) is 2.33. The van der Waals surface area contributed by atoms with Crippen LogP contribution in [-0.2, 0) is 13.0 Å². The van der Waals surface area contributed by atoms with Crippen LogP contribution in [0.15, 0.2) is 23.7 Å². The Morgan fingerprint density at radius 3 is 2.95 bits per heavy atom. The van der Waals surface area contributed by atoms with E-state index in [-0.39, 0.29) is 11.4 Å². The molecular weight excluding hydrogens is 277 g/mol. The molecular formula is C14H16FN3OS. The topological polar surface area (TPSA) is 54.0 Å². The van der Waals surface area contributed by atoms with E-state index in [1.54, 1.807) is 18.4 Å². The Labute approximate surface area is 121 Å². The number of aromatic nitrogens is 1. The van der Waals surface area contributed by atoms with E-state index in [9.17, 15) is 9.18 Å². The molecule has 106 valence electrons. The van der Waals surface area contributed by atoms with Crippen molar-refractivity contribution in [2.75, 3.05) is 12.4 Å². The Morgan fingerprint density at radius 1 is 1.45 bits per heavy atom. The van der Waals surface area contributed by atoms with Crippen LogP contribution in [0.5, 0.6) is 0 Å². The summed E-state index contributed by atoms with van der Waals surface area (Å²) in [7, 11) is 1.56. The van der Waals surface area contributed by atoms with Gasteiger partial charge in [0.15, 0.2) is 11.6 Å². The number of hydrogen-bond donors (Lipinski definition) is 2. The number of rotatable bonds is 5. The molecule has 1 amide bonds. The summed E-state index contributed by atoms with van der Waals surface area (Å²) >= 11 is 1.59. The Bertz CT molecular complexity index is 612. The highest BCUT2D eigenvalue weighted by atomic mass is 32.1. The van der Waals surface area contributed by atoms with Crippen molar-refractivity contribution in [2.45, 2.75) is 19.9 Å². The number of pyridine rings is 1. The standard InChI is InChI=1S/C14H16FN3OS/c1-3-9-5-7-20-11(9)8-18-14(19)10-4-6-17-13(16-2)12(10)15/h4-7H,3,8H2,1-2H3,(H,16,17)(H,18,19). The van der Waals surface area contributed by atoms with Gasteiger partial charge in [-0.1, -0.05) is 6.92 Å². The maximum atomic E-state index is 14.0. The van der Waals surface area contributed by atoms with Crippen molar-refractivity contribution in [1.82, 2.24) is 10.3 Å². The van der Waals surface area contributed by atoms with Gasteiger partial charge < -0.3 is 10.6 Å². The smallest absolute Gasteiger partial charge is 0.254 e. The molecule has 2 N–H and O–H groups in total. The van der Waals surface area contributed by atoms with Gasteiger partial charge in [-0.3, -0.25) is 4.79 Å². The summed E-state index contributed by atoms with van der Waals surface area (Å²) in [6, 6.07) is 3.42. The third-order valence-corrected chi connectivity index (χ3v) is 3.96. The molecule has 0 aromatic carbocycles. The van der Waals surface area contributed by atoms with E-state index < -0.39 is 11.7 Å². The lowest BCUT2D eigenvalue weighted by Gasteiger charge is -2.08. The predicted molar refractivity (Wildman–Crippen MR) is 78.6 cm³/mol. The largest absolute Gasteiger partial charge is 0.371 e. The summed E-state index contributed by atoms with van der Waals surface area (Å²) in [6.45, 7) is 2.48. The van der Waals surface area contributed by atoms with E-state index >= 15 is 0 Å². The third kappa shape index (κ3) is 2.96. The molecule has 0 radical (unpaired) electrons. The van der Waals surface area contributed by atoms with E-state index in [1.807, 2.05) is 11.4 Å². The molecule has 20 heavy (non-hydrogen) atoms. The first-order valence-electron chi connectivity index (χ1n) is 6.33. The summed E-state index contributed by atoms with van der Waals surface area (Å²) in [5.41, 5.74) is 1.21. The number of thiophene rings is 1. The maximum Gasteiger partial charge on any atom is 0.254 e. The number of aryl methyl sites for hydroxylation is 1. The van der Waals surface area contributed by atoms with Crippen LogP contribution in [0.4, 0.5) is 10.2 Å². The highest BCUT2D eigenvalue weighted by Crippen LogP contribution is 2.18. The Balaban J connectivity index is 2.09. The molecule has 0 aliphatic rings. The van der Waals surface area contributed by atoms with E-state index in [0.717, 1.165) is 11.3 Å². The normalized spacial score (nSPS) is 10.3. The molecule has 0 atom stereocenters. The molecule has 2 aromatic heterocycles. The van der Waals surface area contributed by atoms with Gasteiger partial charge in [-0.25, -0.2) is 9.37 Å². The first-order valence-corrected chi connectivity index (χ1v) is 7.21. The average Bonchev–Trinajstić information content (AvgIpc) is 2.92. The predicted octanol–water partition coefficient (Wildman–Crippen LogP) is 2.82. The zero-order valence-electron chi connectivity index (χ0n) is 11.4. The SMILES string of the molecule is CCc1ccsc1CNC(=O)c1ccnc(NC)c1F. The fourth-order valence-corrected chi connectivity index (χ4v) is 2.80. The lowest BCUT2D eigenvalue weighted by atomic mass is 10.2. The second-order valence-electron chi connectivity index (χ2n) is 4.18. The molecule has 0 spiro atoms. The van der Waals surface area contributed by atoms with Gasteiger partial charge >= 0.3 is 0 Å². The lowest BCUT2D eigenvalue weighted by molar-refractivity contribution is 0.0947. The van der Waals surface area contributed by atoms with Crippen LogP contribution in [0.3, 0.4) is 0 Å².